The zero-order valence-corrected chi connectivity index (χ0v) is 14.6. The summed E-state index contributed by atoms with van der Waals surface area (Å²) in [5, 5.41) is 19.4. The maximum Gasteiger partial charge on any atom is 0.341 e. The van der Waals surface area contributed by atoms with Crippen molar-refractivity contribution in [2.24, 2.45) is 5.92 Å². The maximum atomic E-state index is 12.2. The van der Waals surface area contributed by atoms with Gasteiger partial charge in [0.15, 0.2) is 5.43 Å². The summed E-state index contributed by atoms with van der Waals surface area (Å²) in [6.45, 7) is 4.00. The van der Waals surface area contributed by atoms with Gasteiger partial charge in [-0.2, -0.15) is 0 Å². The predicted octanol–water partition coefficient (Wildman–Crippen LogP) is 2.46. The Hall–Kier alpha value is -3.09. The SMILES string of the molecule is COC(=O)c1cc2c(cc1O)CC(C(C)C)n1cc(C(=O)O)c(=O)cc1-2. The van der Waals surface area contributed by atoms with E-state index in [2.05, 4.69) is 4.74 Å². The molecular weight excluding hydrogens is 338 g/mol. The number of phenolic OH excluding ortho intramolecular Hbond substituents is 1. The lowest BCUT2D eigenvalue weighted by Gasteiger charge is -2.33. The van der Waals surface area contributed by atoms with E-state index >= 15 is 0 Å². The highest BCUT2D eigenvalue weighted by atomic mass is 16.5. The fraction of sp³-hybridized carbons (Fsp3) is 0.316. The fourth-order valence-corrected chi connectivity index (χ4v) is 3.39. The molecule has 0 saturated heterocycles. The first-order valence-electron chi connectivity index (χ1n) is 8.18. The van der Waals surface area contributed by atoms with Gasteiger partial charge in [0.25, 0.3) is 0 Å². The van der Waals surface area contributed by atoms with Gasteiger partial charge in [-0.25, -0.2) is 9.59 Å². The molecular formula is C19H19NO6. The van der Waals surface area contributed by atoms with Crippen LogP contribution in [-0.2, 0) is 11.2 Å². The van der Waals surface area contributed by atoms with Crippen LogP contribution in [0.4, 0.5) is 0 Å². The first kappa shape index (κ1) is 17.7. The summed E-state index contributed by atoms with van der Waals surface area (Å²) >= 11 is 0. The van der Waals surface area contributed by atoms with Crippen LogP contribution in [0.2, 0.25) is 0 Å². The molecule has 0 saturated carbocycles. The van der Waals surface area contributed by atoms with E-state index in [-0.39, 0.29) is 28.8 Å². The first-order valence-corrected chi connectivity index (χ1v) is 8.18. The van der Waals surface area contributed by atoms with Crippen LogP contribution in [0.1, 0.15) is 46.2 Å². The van der Waals surface area contributed by atoms with Crippen molar-refractivity contribution in [3.05, 3.63) is 51.3 Å². The number of aromatic hydroxyl groups is 1. The molecule has 1 aliphatic rings. The molecule has 7 nitrogen and oxygen atoms in total. The van der Waals surface area contributed by atoms with Gasteiger partial charge in [-0.15, -0.1) is 0 Å². The number of carbonyl (C=O) groups excluding carboxylic acids is 1. The molecule has 2 N–H and O–H groups in total. The molecule has 2 aromatic rings. The smallest absolute Gasteiger partial charge is 0.341 e. The summed E-state index contributed by atoms with van der Waals surface area (Å²) in [5.41, 5.74) is 1.01. The van der Waals surface area contributed by atoms with E-state index in [4.69, 9.17) is 0 Å². The van der Waals surface area contributed by atoms with E-state index in [0.29, 0.717) is 17.7 Å². The van der Waals surface area contributed by atoms with Gasteiger partial charge in [0.05, 0.1) is 12.8 Å². The quantitative estimate of drug-likeness (QED) is 0.818. The zero-order valence-electron chi connectivity index (χ0n) is 14.6. The van der Waals surface area contributed by atoms with Gasteiger partial charge in [-0.1, -0.05) is 13.8 Å². The van der Waals surface area contributed by atoms with Crippen LogP contribution < -0.4 is 5.43 Å². The van der Waals surface area contributed by atoms with Crippen LogP contribution in [-0.4, -0.2) is 33.8 Å². The van der Waals surface area contributed by atoms with Crippen molar-refractivity contribution in [2.75, 3.05) is 7.11 Å². The molecule has 0 fully saturated rings. The van der Waals surface area contributed by atoms with Gasteiger partial charge in [-0.05, 0) is 30.0 Å². The summed E-state index contributed by atoms with van der Waals surface area (Å²) in [5.74, 6) is -1.99. The minimum Gasteiger partial charge on any atom is -0.507 e. The number of rotatable bonds is 3. The van der Waals surface area contributed by atoms with Crippen molar-refractivity contribution in [1.29, 1.82) is 0 Å². The second kappa shape index (κ2) is 6.33. The number of benzene rings is 1. The van der Waals surface area contributed by atoms with Crippen molar-refractivity contribution in [1.82, 2.24) is 4.57 Å². The minimum absolute atomic E-state index is 0.00411. The second-order valence-electron chi connectivity index (χ2n) is 6.68. The highest BCUT2D eigenvalue weighted by Gasteiger charge is 2.29. The molecule has 0 amide bonds. The Balaban J connectivity index is 2.31. The lowest BCUT2D eigenvalue weighted by atomic mass is 9.86. The number of fused-ring (bicyclic) bond motifs is 3. The summed E-state index contributed by atoms with van der Waals surface area (Å²) < 4.78 is 6.46. The highest BCUT2D eigenvalue weighted by Crippen LogP contribution is 2.40. The lowest BCUT2D eigenvalue weighted by Crippen LogP contribution is -2.28. The van der Waals surface area contributed by atoms with Crippen LogP contribution in [0.25, 0.3) is 11.3 Å². The third-order valence-electron chi connectivity index (χ3n) is 4.77. The van der Waals surface area contributed by atoms with Crippen LogP contribution in [0.15, 0.2) is 29.2 Å². The van der Waals surface area contributed by atoms with Crippen molar-refractivity contribution >= 4 is 11.9 Å². The number of methoxy groups -OCH3 is 1. The van der Waals surface area contributed by atoms with Gasteiger partial charge in [0.1, 0.15) is 16.9 Å². The molecule has 1 aromatic carbocycles. The Morgan fingerprint density at radius 3 is 2.50 bits per heavy atom. The van der Waals surface area contributed by atoms with E-state index in [1.165, 1.54) is 31.5 Å². The number of aromatic carboxylic acids is 1. The molecule has 7 heteroatoms. The van der Waals surface area contributed by atoms with Gasteiger partial charge < -0.3 is 19.5 Å². The van der Waals surface area contributed by atoms with Crippen LogP contribution in [0.5, 0.6) is 5.75 Å². The maximum absolute atomic E-state index is 12.2. The molecule has 1 aromatic heterocycles. The Morgan fingerprint density at radius 2 is 1.92 bits per heavy atom. The Morgan fingerprint density at radius 1 is 1.23 bits per heavy atom. The number of esters is 1. The van der Waals surface area contributed by atoms with Crippen molar-refractivity contribution in [2.45, 2.75) is 26.3 Å². The summed E-state index contributed by atoms with van der Waals surface area (Å²) in [4.78, 5) is 35.5. The monoisotopic (exact) mass is 357 g/mol. The summed E-state index contributed by atoms with van der Waals surface area (Å²) in [6, 6.07) is 4.18. The first-order chi connectivity index (χ1) is 12.2. The number of hydrogen-bond acceptors (Lipinski definition) is 5. The number of carboxylic acids is 1. The van der Waals surface area contributed by atoms with Crippen LogP contribution >= 0.6 is 0 Å². The van der Waals surface area contributed by atoms with Crippen molar-refractivity contribution in [3.8, 4) is 17.0 Å². The molecule has 3 rings (SSSR count). The molecule has 0 radical (unpaired) electrons. The molecule has 136 valence electrons. The largest absolute Gasteiger partial charge is 0.507 e. The van der Waals surface area contributed by atoms with E-state index in [0.717, 1.165) is 5.56 Å². The van der Waals surface area contributed by atoms with Gasteiger partial charge in [0.2, 0.25) is 0 Å². The molecule has 0 spiro atoms. The van der Waals surface area contributed by atoms with Gasteiger partial charge in [0, 0.05) is 23.9 Å². The normalized spacial score (nSPS) is 15.3. The number of hydrogen-bond donors (Lipinski definition) is 2. The van der Waals surface area contributed by atoms with Crippen LogP contribution in [0.3, 0.4) is 0 Å². The average molecular weight is 357 g/mol. The van der Waals surface area contributed by atoms with E-state index in [1.54, 1.807) is 4.57 Å². The third kappa shape index (κ3) is 2.75. The second-order valence-corrected chi connectivity index (χ2v) is 6.68. The van der Waals surface area contributed by atoms with E-state index < -0.39 is 17.4 Å². The number of pyridine rings is 1. The topological polar surface area (TPSA) is 106 Å². The van der Waals surface area contributed by atoms with E-state index in [1.807, 2.05) is 13.8 Å². The van der Waals surface area contributed by atoms with E-state index in [9.17, 15) is 24.6 Å². The Kier molecular flexibility index (Phi) is 4.31. The van der Waals surface area contributed by atoms with Crippen molar-refractivity contribution in [3.63, 3.8) is 0 Å². The molecule has 1 aliphatic heterocycles. The van der Waals surface area contributed by atoms with Crippen molar-refractivity contribution < 1.29 is 24.5 Å². The average Bonchev–Trinajstić information content (AvgIpc) is 2.58. The van der Waals surface area contributed by atoms with Gasteiger partial charge >= 0.3 is 11.9 Å². The molecule has 0 bridgehead atoms. The number of aromatic nitrogens is 1. The zero-order chi connectivity index (χ0) is 19.2. The number of carboxylic acid groups (broad SMARTS) is 1. The molecule has 0 aliphatic carbocycles. The standard InChI is InChI=1S/C19H19NO6/c1-9(2)14-4-10-5-16(21)12(19(25)26-3)6-11(10)15-7-17(22)13(18(23)24)8-20(14)15/h5-9,14,21H,4H2,1-3H3,(H,23,24). The number of carbonyl (C=O) groups is 2. The molecule has 1 atom stereocenters. The third-order valence-corrected chi connectivity index (χ3v) is 4.77. The number of phenols is 1. The highest BCUT2D eigenvalue weighted by molar-refractivity contribution is 5.94. The number of ether oxygens (including phenoxy) is 1. The van der Waals surface area contributed by atoms with Gasteiger partial charge in [-0.3, -0.25) is 4.79 Å². The molecule has 26 heavy (non-hydrogen) atoms. The Labute approximate surface area is 149 Å². The molecule has 1 unspecified atom stereocenters. The summed E-state index contributed by atoms with van der Waals surface area (Å²) in [7, 11) is 1.22. The number of nitrogens with zero attached hydrogens (tertiary/aromatic N) is 1. The minimum atomic E-state index is -1.28. The Bertz CT molecular complexity index is 973. The lowest BCUT2D eigenvalue weighted by molar-refractivity contribution is 0.0596. The fourth-order valence-electron chi connectivity index (χ4n) is 3.39. The predicted molar refractivity (Wildman–Crippen MR) is 93.7 cm³/mol. The molecule has 2 heterocycles. The summed E-state index contributed by atoms with van der Waals surface area (Å²) in [6.07, 6.45) is 1.90. The van der Waals surface area contributed by atoms with Crippen LogP contribution in [0, 0.1) is 5.92 Å².